The van der Waals surface area contributed by atoms with Crippen molar-refractivity contribution in [3.05, 3.63) is 40.2 Å². The Bertz CT molecular complexity index is 625. The van der Waals surface area contributed by atoms with Gasteiger partial charge in [-0.1, -0.05) is 6.92 Å². The molecule has 7 heteroatoms. The summed E-state index contributed by atoms with van der Waals surface area (Å²) in [4.78, 5) is 12.3. The fourth-order valence-corrected chi connectivity index (χ4v) is 3.99. The molecule has 2 aromatic rings. The summed E-state index contributed by atoms with van der Waals surface area (Å²) >= 11 is 6.66. The number of anilines is 1. The van der Waals surface area contributed by atoms with Gasteiger partial charge in [-0.15, -0.1) is 0 Å². The Morgan fingerprint density at radius 1 is 1.37 bits per heavy atom. The third kappa shape index (κ3) is 3.60. The normalized spacial score (nSPS) is 10.5. The molecule has 0 unspecified atom stereocenters. The molecule has 4 nitrogen and oxygen atoms in total. The third-order valence-corrected chi connectivity index (χ3v) is 6.24. The lowest BCUT2D eigenvalue weighted by Crippen LogP contribution is -2.15. The summed E-state index contributed by atoms with van der Waals surface area (Å²) in [5.41, 5.74) is 1.69. The van der Waals surface area contributed by atoms with Crippen LogP contribution in [0.2, 0.25) is 0 Å². The second-order valence-corrected chi connectivity index (χ2v) is 7.31. The highest BCUT2D eigenvalue weighted by Gasteiger charge is 2.15. The lowest BCUT2D eigenvalue weighted by Gasteiger charge is -2.08. The second kappa shape index (κ2) is 6.70. The predicted octanol–water partition coefficient (Wildman–Crippen LogP) is 4.04. The Kier molecular flexibility index (Phi) is 5.45. The lowest BCUT2D eigenvalue weighted by molar-refractivity contribution is 0.102. The first-order valence-corrected chi connectivity index (χ1v) is 8.74. The highest BCUT2D eigenvalue weighted by atomic mass is 127. The van der Waals surface area contributed by atoms with Gasteiger partial charge in [0.15, 0.2) is 0 Å². The van der Waals surface area contributed by atoms with Crippen molar-refractivity contribution in [2.24, 2.45) is 0 Å². The van der Waals surface area contributed by atoms with Gasteiger partial charge in [-0.25, -0.2) is 0 Å². The molecule has 19 heavy (non-hydrogen) atoms. The van der Waals surface area contributed by atoms with Crippen LogP contribution in [0.25, 0.3) is 0 Å². The molecular weight excluding hydrogens is 583 g/mol. The minimum atomic E-state index is -0.111. The van der Waals surface area contributed by atoms with Gasteiger partial charge in [0.2, 0.25) is 0 Å². The van der Waals surface area contributed by atoms with Gasteiger partial charge >= 0.3 is 0 Å². The first kappa shape index (κ1) is 15.5. The standard InChI is InChI=1S/C12H10I3N3O/c1-2-6-5-16-18-11(6)17-12(19)8-3-7(13)4-9(14)10(8)15/h3-5H,2H2,1H3,(H2,16,17,18,19). The number of amides is 1. The summed E-state index contributed by atoms with van der Waals surface area (Å²) in [5.74, 6) is 0.567. The fourth-order valence-electron chi connectivity index (χ4n) is 1.59. The minimum Gasteiger partial charge on any atom is -0.307 e. The van der Waals surface area contributed by atoms with Crippen molar-refractivity contribution in [1.82, 2.24) is 10.2 Å². The zero-order valence-electron chi connectivity index (χ0n) is 9.93. The Hall–Kier alpha value is 0.0900. The molecule has 0 radical (unpaired) electrons. The number of nitrogens with one attached hydrogen (secondary N) is 2. The van der Waals surface area contributed by atoms with E-state index in [2.05, 4.69) is 83.3 Å². The van der Waals surface area contributed by atoms with E-state index in [0.717, 1.165) is 22.7 Å². The molecule has 2 rings (SSSR count). The Morgan fingerprint density at radius 3 is 2.79 bits per heavy atom. The molecule has 1 heterocycles. The fraction of sp³-hybridized carbons (Fsp3) is 0.167. The topological polar surface area (TPSA) is 57.8 Å². The van der Waals surface area contributed by atoms with Crippen LogP contribution in [0.5, 0.6) is 0 Å². The molecule has 1 aromatic carbocycles. The molecular formula is C12H10I3N3O. The van der Waals surface area contributed by atoms with Crippen LogP contribution >= 0.6 is 67.8 Å². The van der Waals surface area contributed by atoms with Crippen molar-refractivity contribution in [3.63, 3.8) is 0 Å². The first-order chi connectivity index (χ1) is 9.02. The average molecular weight is 593 g/mol. The number of aryl methyl sites for hydroxylation is 1. The molecule has 100 valence electrons. The van der Waals surface area contributed by atoms with Gasteiger partial charge < -0.3 is 5.32 Å². The van der Waals surface area contributed by atoms with Gasteiger partial charge in [0.05, 0.1) is 11.8 Å². The van der Waals surface area contributed by atoms with Crippen LogP contribution in [0.3, 0.4) is 0 Å². The summed E-state index contributed by atoms with van der Waals surface area (Å²) in [6.07, 6.45) is 2.56. The van der Waals surface area contributed by atoms with Crippen LogP contribution < -0.4 is 5.32 Å². The molecule has 0 aliphatic heterocycles. The molecule has 0 fully saturated rings. The van der Waals surface area contributed by atoms with Gasteiger partial charge in [0, 0.05) is 16.3 Å². The summed E-state index contributed by atoms with van der Waals surface area (Å²) in [5, 5.41) is 9.66. The van der Waals surface area contributed by atoms with Crippen LogP contribution in [0, 0.1) is 10.7 Å². The van der Waals surface area contributed by atoms with Gasteiger partial charge in [-0.3, -0.25) is 9.89 Å². The summed E-state index contributed by atoms with van der Waals surface area (Å²) < 4.78 is 3.09. The maximum Gasteiger partial charge on any atom is 0.257 e. The van der Waals surface area contributed by atoms with Gasteiger partial charge in [-0.2, -0.15) is 5.10 Å². The Labute approximate surface area is 151 Å². The zero-order chi connectivity index (χ0) is 14.0. The van der Waals surface area contributed by atoms with E-state index in [1.807, 2.05) is 19.1 Å². The molecule has 0 aliphatic carbocycles. The van der Waals surface area contributed by atoms with Crippen molar-refractivity contribution in [2.75, 3.05) is 5.32 Å². The van der Waals surface area contributed by atoms with E-state index in [1.54, 1.807) is 6.20 Å². The highest BCUT2D eigenvalue weighted by Crippen LogP contribution is 2.24. The van der Waals surface area contributed by atoms with Crippen molar-refractivity contribution in [1.29, 1.82) is 0 Å². The van der Waals surface area contributed by atoms with Gasteiger partial charge in [0.1, 0.15) is 5.82 Å². The number of nitrogens with zero attached hydrogens (tertiary/aromatic N) is 1. The van der Waals surface area contributed by atoms with Crippen LogP contribution in [-0.4, -0.2) is 16.1 Å². The van der Waals surface area contributed by atoms with Crippen molar-refractivity contribution >= 4 is 79.5 Å². The quantitative estimate of drug-likeness (QED) is 0.418. The largest absolute Gasteiger partial charge is 0.307 e. The van der Waals surface area contributed by atoms with Crippen molar-refractivity contribution in [3.8, 4) is 0 Å². The van der Waals surface area contributed by atoms with Crippen molar-refractivity contribution in [2.45, 2.75) is 13.3 Å². The van der Waals surface area contributed by atoms with Crippen LogP contribution in [0.15, 0.2) is 18.3 Å². The van der Waals surface area contributed by atoms with E-state index in [1.165, 1.54) is 0 Å². The highest BCUT2D eigenvalue weighted by molar-refractivity contribution is 14.1. The number of hydrogen-bond acceptors (Lipinski definition) is 2. The molecule has 0 atom stereocenters. The molecule has 0 bridgehead atoms. The van der Waals surface area contributed by atoms with Crippen molar-refractivity contribution < 1.29 is 4.79 Å². The van der Waals surface area contributed by atoms with E-state index in [4.69, 9.17) is 0 Å². The number of benzene rings is 1. The molecule has 0 saturated carbocycles. The van der Waals surface area contributed by atoms with Crippen LogP contribution in [-0.2, 0) is 6.42 Å². The van der Waals surface area contributed by atoms with Gasteiger partial charge in [0.25, 0.3) is 5.91 Å². The molecule has 2 N–H and O–H groups in total. The van der Waals surface area contributed by atoms with Crippen LogP contribution in [0.4, 0.5) is 5.82 Å². The predicted molar refractivity (Wildman–Crippen MR) is 101 cm³/mol. The molecule has 0 saturated heterocycles. The zero-order valence-corrected chi connectivity index (χ0v) is 16.4. The SMILES string of the molecule is CCc1cn[nH]c1NC(=O)c1cc(I)cc(I)c1I. The average Bonchev–Trinajstić information content (AvgIpc) is 2.80. The first-order valence-electron chi connectivity index (χ1n) is 5.51. The Balaban J connectivity index is 2.30. The number of H-pyrrole nitrogens is 1. The molecule has 0 spiro atoms. The third-order valence-electron chi connectivity index (χ3n) is 2.57. The van der Waals surface area contributed by atoms with E-state index in [-0.39, 0.29) is 5.91 Å². The summed E-state index contributed by atoms with van der Waals surface area (Å²) in [6.45, 7) is 2.03. The van der Waals surface area contributed by atoms with Gasteiger partial charge in [-0.05, 0) is 86.3 Å². The number of carbonyl (C=O) groups excluding carboxylic acids is 1. The summed E-state index contributed by atoms with van der Waals surface area (Å²) in [6, 6.07) is 3.94. The number of carbonyl (C=O) groups is 1. The smallest absolute Gasteiger partial charge is 0.257 e. The van der Waals surface area contributed by atoms with E-state index >= 15 is 0 Å². The van der Waals surface area contributed by atoms with E-state index in [9.17, 15) is 4.79 Å². The molecule has 0 aliphatic rings. The number of rotatable bonds is 3. The maximum absolute atomic E-state index is 12.3. The lowest BCUT2D eigenvalue weighted by atomic mass is 10.2. The minimum absolute atomic E-state index is 0.111. The number of hydrogen-bond donors (Lipinski definition) is 2. The number of aromatic nitrogens is 2. The monoisotopic (exact) mass is 593 g/mol. The number of halogens is 3. The molecule has 1 amide bonds. The van der Waals surface area contributed by atoms with Crippen LogP contribution in [0.1, 0.15) is 22.8 Å². The number of aromatic amines is 1. The molecule has 1 aromatic heterocycles. The summed E-state index contributed by atoms with van der Waals surface area (Å²) in [7, 11) is 0. The maximum atomic E-state index is 12.3. The Morgan fingerprint density at radius 2 is 2.11 bits per heavy atom. The van der Waals surface area contributed by atoms with E-state index < -0.39 is 0 Å². The second-order valence-electron chi connectivity index (χ2n) is 3.83. The van der Waals surface area contributed by atoms with E-state index in [0.29, 0.717) is 11.4 Å².